The van der Waals surface area contributed by atoms with Crippen molar-refractivity contribution in [2.24, 2.45) is 0 Å². The average molecular weight is 267 g/mol. The van der Waals surface area contributed by atoms with Gasteiger partial charge in [-0.25, -0.2) is 0 Å². The van der Waals surface area contributed by atoms with Crippen LogP contribution in [-0.2, 0) is 11.3 Å². The van der Waals surface area contributed by atoms with Gasteiger partial charge in [0.1, 0.15) is 0 Å². The molecule has 0 aliphatic heterocycles. The highest BCUT2D eigenvalue weighted by atomic mass is 28.3. The first-order valence-electron chi connectivity index (χ1n) is 6.53. The van der Waals surface area contributed by atoms with Crippen molar-refractivity contribution in [3.63, 3.8) is 0 Å². The minimum atomic E-state index is -1.17. The molecule has 0 amide bonds. The van der Waals surface area contributed by atoms with Gasteiger partial charge in [0.25, 0.3) is 0 Å². The van der Waals surface area contributed by atoms with Gasteiger partial charge in [0, 0.05) is 13.1 Å². The van der Waals surface area contributed by atoms with Crippen molar-refractivity contribution in [3.05, 3.63) is 29.8 Å². The van der Waals surface area contributed by atoms with Gasteiger partial charge in [0.2, 0.25) is 0 Å². The zero-order chi connectivity index (χ0) is 13.4. The molecular weight excluding hydrogens is 242 g/mol. The number of aliphatic hydroxyl groups is 1. The zero-order valence-corrected chi connectivity index (χ0v) is 12.7. The fourth-order valence-electron chi connectivity index (χ4n) is 1.67. The summed E-state index contributed by atoms with van der Waals surface area (Å²) in [5.41, 5.74) is 1.30. The summed E-state index contributed by atoms with van der Waals surface area (Å²) in [6.45, 7) is 9.93. The molecule has 0 radical (unpaired) electrons. The first-order valence-corrected chi connectivity index (χ1v) is 10.0. The Kier molecular flexibility index (Phi) is 6.57. The summed E-state index contributed by atoms with van der Waals surface area (Å²) < 4.78 is 5.18. The second-order valence-corrected chi connectivity index (χ2v) is 10.5. The topological polar surface area (TPSA) is 41.5 Å². The molecule has 0 saturated carbocycles. The first-order chi connectivity index (χ1) is 8.54. The van der Waals surface area contributed by atoms with Crippen molar-refractivity contribution in [1.29, 1.82) is 0 Å². The molecule has 2 N–H and O–H groups in total. The van der Waals surface area contributed by atoms with Crippen LogP contribution in [0.2, 0.25) is 19.6 Å². The number of rotatable bonds is 8. The van der Waals surface area contributed by atoms with Gasteiger partial charge in [-0.3, -0.25) is 0 Å². The molecule has 0 spiro atoms. The normalized spacial score (nSPS) is 11.8. The van der Waals surface area contributed by atoms with Crippen LogP contribution in [0.1, 0.15) is 5.56 Å². The van der Waals surface area contributed by atoms with Gasteiger partial charge in [-0.2, -0.15) is 0 Å². The van der Waals surface area contributed by atoms with Gasteiger partial charge in [-0.15, -0.1) is 0 Å². The molecule has 1 rings (SSSR count). The molecule has 18 heavy (non-hydrogen) atoms. The highest BCUT2D eigenvalue weighted by Gasteiger charge is 2.15. The lowest BCUT2D eigenvalue weighted by atomic mass is 10.2. The van der Waals surface area contributed by atoms with Crippen LogP contribution in [0.5, 0.6) is 0 Å². The summed E-state index contributed by atoms with van der Waals surface area (Å²) in [7, 11) is -1.17. The van der Waals surface area contributed by atoms with Crippen LogP contribution in [0.25, 0.3) is 0 Å². The van der Waals surface area contributed by atoms with E-state index in [0.717, 1.165) is 13.1 Å². The molecule has 0 atom stereocenters. The van der Waals surface area contributed by atoms with E-state index in [2.05, 4.69) is 49.2 Å². The first kappa shape index (κ1) is 15.4. The second kappa shape index (κ2) is 7.69. The molecule has 0 heterocycles. The predicted octanol–water partition coefficient (Wildman–Crippen LogP) is 1.33. The molecule has 1 aromatic carbocycles. The zero-order valence-electron chi connectivity index (χ0n) is 11.7. The molecule has 0 aliphatic rings. The van der Waals surface area contributed by atoms with E-state index < -0.39 is 8.07 Å². The quantitative estimate of drug-likeness (QED) is 0.551. The molecular formula is C14H25NO2Si. The van der Waals surface area contributed by atoms with Gasteiger partial charge >= 0.3 is 0 Å². The van der Waals surface area contributed by atoms with E-state index in [9.17, 15) is 0 Å². The van der Waals surface area contributed by atoms with Crippen molar-refractivity contribution in [3.8, 4) is 0 Å². The molecule has 0 aliphatic carbocycles. The summed E-state index contributed by atoms with van der Waals surface area (Å²) in [4.78, 5) is 0. The van der Waals surface area contributed by atoms with Crippen molar-refractivity contribution in [2.75, 3.05) is 26.4 Å². The van der Waals surface area contributed by atoms with Gasteiger partial charge in [0.15, 0.2) is 0 Å². The van der Waals surface area contributed by atoms with Gasteiger partial charge in [-0.1, -0.05) is 49.1 Å². The lowest BCUT2D eigenvalue weighted by Gasteiger charge is -2.16. The minimum Gasteiger partial charge on any atom is -0.394 e. The fourth-order valence-corrected chi connectivity index (χ4v) is 2.83. The minimum absolute atomic E-state index is 0.0954. The lowest BCUT2D eigenvalue weighted by molar-refractivity contribution is 0.0938. The van der Waals surface area contributed by atoms with Crippen molar-refractivity contribution >= 4 is 13.3 Å². The maximum absolute atomic E-state index is 8.55. The van der Waals surface area contributed by atoms with Gasteiger partial charge in [-0.05, 0) is 5.56 Å². The summed E-state index contributed by atoms with van der Waals surface area (Å²) in [5.74, 6) is 0. The number of benzene rings is 1. The van der Waals surface area contributed by atoms with Crippen LogP contribution in [0, 0.1) is 0 Å². The number of ether oxygens (including phenoxy) is 1. The summed E-state index contributed by atoms with van der Waals surface area (Å²) in [5, 5.41) is 13.4. The standard InChI is InChI=1S/C14H25NO2Si/c1-18(2,3)14-6-4-13(5-7-14)12-15-8-10-17-11-9-16/h4-7,15-16H,8-12H2,1-3H3. The molecule has 0 bridgehead atoms. The van der Waals surface area contributed by atoms with Gasteiger partial charge < -0.3 is 15.2 Å². The number of nitrogens with one attached hydrogen (secondary N) is 1. The summed E-state index contributed by atoms with van der Waals surface area (Å²) in [6.07, 6.45) is 0. The Morgan fingerprint density at radius 2 is 1.78 bits per heavy atom. The fraction of sp³-hybridized carbons (Fsp3) is 0.571. The van der Waals surface area contributed by atoms with Crippen molar-refractivity contribution < 1.29 is 9.84 Å². The Bertz CT molecular complexity index is 333. The van der Waals surface area contributed by atoms with Crippen molar-refractivity contribution in [1.82, 2.24) is 5.32 Å². The summed E-state index contributed by atoms with van der Waals surface area (Å²) >= 11 is 0. The second-order valence-electron chi connectivity index (χ2n) is 5.46. The smallest absolute Gasteiger partial charge is 0.0775 e. The summed E-state index contributed by atoms with van der Waals surface area (Å²) in [6, 6.07) is 8.92. The van der Waals surface area contributed by atoms with Crippen LogP contribution >= 0.6 is 0 Å². The molecule has 0 saturated heterocycles. The highest BCUT2D eigenvalue weighted by molar-refractivity contribution is 6.88. The van der Waals surface area contributed by atoms with Crippen molar-refractivity contribution in [2.45, 2.75) is 26.2 Å². The average Bonchev–Trinajstić information content (AvgIpc) is 2.33. The number of hydrogen-bond donors (Lipinski definition) is 2. The monoisotopic (exact) mass is 267 g/mol. The molecule has 3 nitrogen and oxygen atoms in total. The number of hydrogen-bond acceptors (Lipinski definition) is 3. The maximum Gasteiger partial charge on any atom is 0.0775 e. The van der Waals surface area contributed by atoms with Gasteiger partial charge in [0.05, 0.1) is 27.9 Å². The van der Waals surface area contributed by atoms with Crippen LogP contribution < -0.4 is 10.5 Å². The van der Waals surface area contributed by atoms with E-state index in [-0.39, 0.29) is 6.61 Å². The SMILES string of the molecule is C[Si](C)(C)c1ccc(CNCCOCCO)cc1. The molecule has 0 unspecified atom stereocenters. The third kappa shape index (κ3) is 5.77. The van der Waals surface area contributed by atoms with E-state index >= 15 is 0 Å². The van der Waals surface area contributed by atoms with E-state index in [0.29, 0.717) is 13.2 Å². The van der Waals surface area contributed by atoms with E-state index in [1.165, 1.54) is 10.8 Å². The third-order valence-corrected chi connectivity index (χ3v) is 4.87. The van der Waals surface area contributed by atoms with Crippen LogP contribution in [-0.4, -0.2) is 39.5 Å². The molecule has 1 aromatic rings. The Morgan fingerprint density at radius 1 is 1.11 bits per heavy atom. The van der Waals surface area contributed by atoms with Crippen LogP contribution in [0.4, 0.5) is 0 Å². The van der Waals surface area contributed by atoms with Crippen LogP contribution in [0.15, 0.2) is 24.3 Å². The van der Waals surface area contributed by atoms with E-state index in [4.69, 9.17) is 9.84 Å². The van der Waals surface area contributed by atoms with Crippen LogP contribution in [0.3, 0.4) is 0 Å². The molecule has 0 fully saturated rings. The highest BCUT2D eigenvalue weighted by Crippen LogP contribution is 2.04. The Labute approximate surface area is 111 Å². The largest absolute Gasteiger partial charge is 0.394 e. The lowest BCUT2D eigenvalue weighted by Crippen LogP contribution is -2.37. The predicted molar refractivity (Wildman–Crippen MR) is 79.0 cm³/mol. The Morgan fingerprint density at radius 3 is 2.33 bits per heavy atom. The molecule has 4 heteroatoms. The molecule has 0 aromatic heterocycles. The third-order valence-electron chi connectivity index (χ3n) is 2.81. The molecule has 102 valence electrons. The van der Waals surface area contributed by atoms with E-state index in [1.807, 2.05) is 0 Å². The Balaban J connectivity index is 2.27. The maximum atomic E-state index is 8.55. The van der Waals surface area contributed by atoms with E-state index in [1.54, 1.807) is 0 Å². The number of aliphatic hydroxyl groups excluding tert-OH is 1. The Hall–Kier alpha value is -0.683.